The first-order valence-electron chi connectivity index (χ1n) is 3.85. The normalized spacial score (nSPS) is 7.69. The molecule has 13 heavy (non-hydrogen) atoms. The number of hydrogen-bond donors (Lipinski definition) is 1. The van der Waals surface area contributed by atoms with Crippen LogP contribution in [0.1, 0.15) is 0 Å². The average Bonchev–Trinajstić information content (AvgIpc) is 2.22. The van der Waals surface area contributed by atoms with Crippen LogP contribution in [0.3, 0.4) is 0 Å². The van der Waals surface area contributed by atoms with Crippen molar-refractivity contribution in [1.82, 2.24) is 5.48 Å². The van der Waals surface area contributed by atoms with E-state index in [0.717, 1.165) is 0 Å². The van der Waals surface area contributed by atoms with Gasteiger partial charge in [0.25, 0.3) is 0 Å². The summed E-state index contributed by atoms with van der Waals surface area (Å²) in [5.41, 5.74) is 2.30. The second-order valence-corrected chi connectivity index (χ2v) is 2.01. The third-order valence-corrected chi connectivity index (χ3v) is 1.03. The fraction of sp³-hybridized carbons (Fsp3) is 0.100. The standard InChI is InChI=1S/C6H6.C4H7NO2/c1-2-4-6-5-3-1;1-2-3-5-7-4-6/h1-6H;2,4-5H,1,3H2. The Kier molecular flexibility index (Phi) is 9.10. The van der Waals surface area contributed by atoms with Gasteiger partial charge in [-0.25, -0.2) is 0 Å². The molecule has 3 nitrogen and oxygen atoms in total. The van der Waals surface area contributed by atoms with Crippen molar-refractivity contribution in [2.45, 2.75) is 0 Å². The quantitative estimate of drug-likeness (QED) is 0.330. The highest BCUT2D eigenvalue weighted by Gasteiger charge is 1.71. The van der Waals surface area contributed by atoms with Crippen LogP contribution in [-0.2, 0) is 9.63 Å². The molecule has 0 bridgehead atoms. The van der Waals surface area contributed by atoms with E-state index in [1.807, 2.05) is 36.4 Å². The minimum atomic E-state index is 0.323. The van der Waals surface area contributed by atoms with E-state index in [1.165, 1.54) is 0 Å². The molecule has 0 radical (unpaired) electrons. The molecule has 0 saturated carbocycles. The molecular weight excluding hydrogens is 166 g/mol. The van der Waals surface area contributed by atoms with Crippen LogP contribution in [0.2, 0.25) is 0 Å². The first-order chi connectivity index (χ1) is 6.41. The van der Waals surface area contributed by atoms with Gasteiger partial charge in [-0.2, -0.15) is 0 Å². The zero-order valence-electron chi connectivity index (χ0n) is 7.35. The van der Waals surface area contributed by atoms with E-state index in [2.05, 4.69) is 16.9 Å². The number of benzene rings is 1. The summed E-state index contributed by atoms with van der Waals surface area (Å²) in [6, 6.07) is 12.0. The summed E-state index contributed by atoms with van der Waals surface area (Å²) in [5.74, 6) is 0. The van der Waals surface area contributed by atoms with E-state index in [0.29, 0.717) is 13.0 Å². The molecule has 0 amide bonds. The maximum absolute atomic E-state index is 9.36. The molecule has 0 aliphatic heterocycles. The smallest absolute Gasteiger partial charge is 0.312 e. The zero-order valence-corrected chi connectivity index (χ0v) is 7.35. The average molecular weight is 179 g/mol. The number of hydroxylamine groups is 1. The lowest BCUT2D eigenvalue weighted by atomic mass is 10.4. The molecule has 0 atom stereocenters. The van der Waals surface area contributed by atoms with Gasteiger partial charge in [-0.05, 0) is 0 Å². The van der Waals surface area contributed by atoms with Gasteiger partial charge in [-0.1, -0.05) is 42.5 Å². The Hall–Kier alpha value is -1.61. The van der Waals surface area contributed by atoms with Gasteiger partial charge in [-0.15, -0.1) is 12.1 Å². The van der Waals surface area contributed by atoms with E-state index >= 15 is 0 Å². The molecule has 1 rings (SSSR count). The molecule has 0 aromatic heterocycles. The maximum atomic E-state index is 9.36. The molecule has 70 valence electrons. The van der Waals surface area contributed by atoms with Gasteiger partial charge >= 0.3 is 6.47 Å². The number of carbonyl (C=O) groups excluding carboxylic acids is 1. The van der Waals surface area contributed by atoms with Crippen LogP contribution in [0.4, 0.5) is 0 Å². The van der Waals surface area contributed by atoms with E-state index in [-0.39, 0.29) is 0 Å². The molecule has 1 N–H and O–H groups in total. The largest absolute Gasteiger partial charge is 0.373 e. The SMILES string of the molecule is C=CCNOC=O.c1ccccc1. The van der Waals surface area contributed by atoms with Crippen LogP contribution in [0.15, 0.2) is 49.1 Å². The summed E-state index contributed by atoms with van der Waals surface area (Å²) in [5, 5.41) is 0. The second kappa shape index (κ2) is 10.4. The van der Waals surface area contributed by atoms with E-state index in [1.54, 1.807) is 6.08 Å². The van der Waals surface area contributed by atoms with Gasteiger partial charge < -0.3 is 4.84 Å². The lowest BCUT2D eigenvalue weighted by Gasteiger charge is -1.90. The summed E-state index contributed by atoms with van der Waals surface area (Å²) < 4.78 is 0. The van der Waals surface area contributed by atoms with Gasteiger partial charge in [0.2, 0.25) is 0 Å². The van der Waals surface area contributed by atoms with Crippen LogP contribution >= 0.6 is 0 Å². The van der Waals surface area contributed by atoms with Gasteiger partial charge in [-0.3, -0.25) is 4.79 Å². The van der Waals surface area contributed by atoms with Crippen molar-refractivity contribution < 1.29 is 9.63 Å². The van der Waals surface area contributed by atoms with Crippen LogP contribution in [-0.4, -0.2) is 13.0 Å². The molecule has 3 heteroatoms. The molecule has 0 saturated heterocycles. The maximum Gasteiger partial charge on any atom is 0.312 e. The van der Waals surface area contributed by atoms with Gasteiger partial charge in [0.15, 0.2) is 0 Å². The molecule has 1 aromatic carbocycles. The summed E-state index contributed by atoms with van der Waals surface area (Å²) >= 11 is 0. The first kappa shape index (κ1) is 11.4. The molecule has 0 aliphatic carbocycles. The Bertz CT molecular complexity index is 177. The van der Waals surface area contributed by atoms with Crippen LogP contribution in [0.25, 0.3) is 0 Å². The zero-order chi connectivity index (χ0) is 9.78. The van der Waals surface area contributed by atoms with E-state index in [9.17, 15) is 4.79 Å². The first-order valence-corrected chi connectivity index (χ1v) is 3.85. The van der Waals surface area contributed by atoms with Gasteiger partial charge in [0.1, 0.15) is 0 Å². The monoisotopic (exact) mass is 179 g/mol. The Balaban J connectivity index is 0.000000223. The molecule has 0 fully saturated rings. The summed E-state index contributed by atoms with van der Waals surface area (Å²) in [6.07, 6.45) is 1.59. The van der Waals surface area contributed by atoms with Crippen molar-refractivity contribution in [2.75, 3.05) is 6.54 Å². The topological polar surface area (TPSA) is 38.3 Å². The summed E-state index contributed by atoms with van der Waals surface area (Å²) in [7, 11) is 0. The van der Waals surface area contributed by atoms with Crippen molar-refractivity contribution in [3.05, 3.63) is 49.1 Å². The number of hydrogen-bond acceptors (Lipinski definition) is 3. The third-order valence-electron chi connectivity index (χ3n) is 1.03. The third kappa shape index (κ3) is 10.4. The van der Waals surface area contributed by atoms with E-state index in [4.69, 9.17) is 0 Å². The second-order valence-electron chi connectivity index (χ2n) is 2.01. The minimum Gasteiger partial charge on any atom is -0.373 e. The molecule has 0 heterocycles. The molecule has 1 aromatic rings. The minimum absolute atomic E-state index is 0.323. The summed E-state index contributed by atoms with van der Waals surface area (Å²) in [4.78, 5) is 13.4. The number of nitrogens with one attached hydrogen (secondary N) is 1. The van der Waals surface area contributed by atoms with Crippen molar-refractivity contribution in [3.8, 4) is 0 Å². The Morgan fingerprint density at radius 1 is 1.15 bits per heavy atom. The highest BCUT2D eigenvalue weighted by molar-refractivity contribution is 5.36. The van der Waals surface area contributed by atoms with Crippen molar-refractivity contribution >= 4 is 6.47 Å². The molecule has 0 unspecified atom stereocenters. The highest BCUT2D eigenvalue weighted by atomic mass is 16.7. The van der Waals surface area contributed by atoms with Crippen LogP contribution in [0.5, 0.6) is 0 Å². The fourth-order valence-corrected chi connectivity index (χ4v) is 0.526. The highest BCUT2D eigenvalue weighted by Crippen LogP contribution is 1.79. The van der Waals surface area contributed by atoms with Crippen molar-refractivity contribution in [3.63, 3.8) is 0 Å². The predicted octanol–water partition coefficient (Wildman–Crippen LogP) is 1.54. The van der Waals surface area contributed by atoms with Gasteiger partial charge in [0.05, 0.1) is 0 Å². The Morgan fingerprint density at radius 3 is 1.92 bits per heavy atom. The molecule has 0 spiro atoms. The Labute approximate surface area is 78.0 Å². The lowest BCUT2D eigenvalue weighted by Crippen LogP contribution is -2.12. The van der Waals surface area contributed by atoms with Crippen molar-refractivity contribution in [1.29, 1.82) is 0 Å². The molecular formula is C10H13NO2. The lowest BCUT2D eigenvalue weighted by molar-refractivity contribution is -0.134. The molecule has 0 aliphatic rings. The van der Waals surface area contributed by atoms with Crippen LogP contribution < -0.4 is 5.48 Å². The Morgan fingerprint density at radius 2 is 1.62 bits per heavy atom. The number of rotatable bonds is 4. The van der Waals surface area contributed by atoms with Crippen LogP contribution in [0, 0.1) is 0 Å². The van der Waals surface area contributed by atoms with E-state index < -0.39 is 0 Å². The fourth-order valence-electron chi connectivity index (χ4n) is 0.526. The van der Waals surface area contributed by atoms with Crippen molar-refractivity contribution in [2.24, 2.45) is 0 Å². The predicted molar refractivity (Wildman–Crippen MR) is 51.8 cm³/mol. The summed E-state index contributed by atoms with van der Waals surface area (Å²) in [6.45, 7) is 4.18. The number of carbonyl (C=O) groups is 1. The van der Waals surface area contributed by atoms with Gasteiger partial charge in [0, 0.05) is 6.54 Å².